The van der Waals surface area contributed by atoms with Gasteiger partial charge in [0, 0.05) is 11.9 Å². The summed E-state index contributed by atoms with van der Waals surface area (Å²) in [5.41, 5.74) is 0. The standard InChI is InChI=1S/2C12H20O4.Fe/c2*1-2-3-4-5-6-7-10-16-12(15)9-8-11(13)14;/h2*7,10H,2-6,8-9H2,1H3,(H,13,14);/q;;+2/p-2. The second kappa shape index (κ2) is 27.9. The molecule has 33 heavy (non-hydrogen) atoms. The first-order chi connectivity index (χ1) is 15.3. The summed E-state index contributed by atoms with van der Waals surface area (Å²) >= 11 is 0. The minimum absolute atomic E-state index is 0. The largest absolute Gasteiger partial charge is 2.00 e. The van der Waals surface area contributed by atoms with Crippen LogP contribution in [0, 0.1) is 0 Å². The third-order valence-electron chi connectivity index (χ3n) is 4.11. The first-order valence-corrected chi connectivity index (χ1v) is 11.4. The Morgan fingerprint density at radius 2 is 0.970 bits per heavy atom. The first kappa shape index (κ1) is 35.5. The summed E-state index contributed by atoms with van der Waals surface area (Å²) in [5, 5.41) is 20.1. The summed E-state index contributed by atoms with van der Waals surface area (Å²) in [7, 11) is 0. The summed E-state index contributed by atoms with van der Waals surface area (Å²) in [4.78, 5) is 41.9. The Morgan fingerprint density at radius 1 is 0.606 bits per heavy atom. The van der Waals surface area contributed by atoms with Crippen molar-refractivity contribution in [2.45, 2.75) is 104 Å². The number of hydrogen-bond acceptors (Lipinski definition) is 8. The van der Waals surface area contributed by atoms with Gasteiger partial charge in [-0.05, 0) is 50.7 Å². The van der Waals surface area contributed by atoms with Gasteiger partial charge in [-0.2, -0.15) is 0 Å². The molecule has 0 spiro atoms. The smallest absolute Gasteiger partial charge is 0.550 e. The van der Waals surface area contributed by atoms with E-state index in [2.05, 4.69) is 23.3 Å². The summed E-state index contributed by atoms with van der Waals surface area (Å²) in [6, 6.07) is 0. The molecule has 0 aromatic carbocycles. The van der Waals surface area contributed by atoms with Crippen molar-refractivity contribution in [3.8, 4) is 0 Å². The SMILES string of the molecule is CCCCCCC=COC(=O)CCC(=O)[O-].CCCCCCC=COC(=O)CCC(=O)[O-].[Fe+2]. The molecule has 0 aliphatic heterocycles. The van der Waals surface area contributed by atoms with Crippen LogP contribution in [0.15, 0.2) is 24.7 Å². The predicted molar refractivity (Wildman–Crippen MR) is 116 cm³/mol. The van der Waals surface area contributed by atoms with Gasteiger partial charge in [-0.3, -0.25) is 9.59 Å². The van der Waals surface area contributed by atoms with Gasteiger partial charge in [0.2, 0.25) is 0 Å². The van der Waals surface area contributed by atoms with Gasteiger partial charge < -0.3 is 29.3 Å². The summed E-state index contributed by atoms with van der Waals surface area (Å²) in [5.74, 6) is -3.54. The maximum Gasteiger partial charge on any atom is 2.00 e. The van der Waals surface area contributed by atoms with Crippen molar-refractivity contribution < 1.29 is 55.9 Å². The van der Waals surface area contributed by atoms with Crippen LogP contribution in [0.25, 0.3) is 0 Å². The zero-order valence-electron chi connectivity index (χ0n) is 19.8. The number of ether oxygens (including phenoxy) is 2. The van der Waals surface area contributed by atoms with Gasteiger partial charge >= 0.3 is 29.0 Å². The van der Waals surface area contributed by atoms with Gasteiger partial charge in [-0.15, -0.1) is 0 Å². The summed E-state index contributed by atoms with van der Waals surface area (Å²) in [6.45, 7) is 4.30. The van der Waals surface area contributed by atoms with Gasteiger partial charge in [-0.1, -0.05) is 52.4 Å². The van der Waals surface area contributed by atoms with Gasteiger partial charge in [0.15, 0.2) is 0 Å². The zero-order valence-corrected chi connectivity index (χ0v) is 20.9. The average molecular weight is 510 g/mol. The van der Waals surface area contributed by atoms with E-state index in [9.17, 15) is 29.4 Å². The van der Waals surface area contributed by atoms with E-state index >= 15 is 0 Å². The second-order valence-electron chi connectivity index (χ2n) is 7.17. The molecule has 0 aromatic heterocycles. The number of esters is 2. The molecule has 0 aliphatic rings. The molecule has 0 radical (unpaired) electrons. The number of hydrogen-bond donors (Lipinski definition) is 0. The molecule has 0 saturated carbocycles. The molecule has 0 aliphatic carbocycles. The molecule has 0 heterocycles. The van der Waals surface area contributed by atoms with Crippen LogP contribution in [0.1, 0.15) is 104 Å². The Kier molecular flexibility index (Phi) is 30.0. The molecule has 0 saturated heterocycles. The molecule has 0 bridgehead atoms. The van der Waals surface area contributed by atoms with Gasteiger partial charge in [0.05, 0.1) is 25.4 Å². The van der Waals surface area contributed by atoms with Gasteiger partial charge in [-0.25, -0.2) is 0 Å². The van der Waals surface area contributed by atoms with Crippen molar-refractivity contribution >= 4 is 23.9 Å². The van der Waals surface area contributed by atoms with Crippen molar-refractivity contribution in [3.63, 3.8) is 0 Å². The van der Waals surface area contributed by atoms with E-state index in [-0.39, 0.29) is 42.8 Å². The quantitative estimate of drug-likeness (QED) is 0.119. The Balaban J connectivity index is -0.000000529. The molecule has 8 nitrogen and oxygen atoms in total. The summed E-state index contributed by atoms with van der Waals surface area (Å²) < 4.78 is 9.38. The number of carboxylic acid groups (broad SMARTS) is 2. The predicted octanol–water partition coefficient (Wildman–Crippen LogP) is 3.09. The third kappa shape index (κ3) is 34.7. The van der Waals surface area contributed by atoms with E-state index in [1.54, 1.807) is 12.2 Å². The van der Waals surface area contributed by atoms with Crippen molar-refractivity contribution in [2.75, 3.05) is 0 Å². The molecule has 0 amide bonds. The van der Waals surface area contributed by atoms with Crippen molar-refractivity contribution in [2.24, 2.45) is 0 Å². The monoisotopic (exact) mass is 510 g/mol. The molecule has 190 valence electrons. The number of unbranched alkanes of at least 4 members (excludes halogenated alkanes) is 8. The fourth-order valence-electron chi connectivity index (χ4n) is 2.29. The van der Waals surface area contributed by atoms with Crippen LogP contribution < -0.4 is 10.2 Å². The average Bonchev–Trinajstić information content (AvgIpc) is 2.75. The van der Waals surface area contributed by atoms with Crippen LogP contribution in [0.4, 0.5) is 0 Å². The van der Waals surface area contributed by atoms with Gasteiger partial charge in [0.1, 0.15) is 0 Å². The molecule has 0 rings (SSSR count). The number of carbonyl (C=O) groups excluding carboxylic acids is 4. The normalized spacial score (nSPS) is 10.2. The van der Waals surface area contributed by atoms with Crippen LogP contribution in [-0.2, 0) is 45.7 Å². The topological polar surface area (TPSA) is 133 Å². The van der Waals surface area contributed by atoms with E-state index in [0.717, 1.165) is 25.7 Å². The molecule has 0 unspecified atom stereocenters. The Hall–Kier alpha value is -2.12. The van der Waals surface area contributed by atoms with E-state index in [1.807, 2.05) is 0 Å². The minimum Gasteiger partial charge on any atom is -0.550 e. The minimum atomic E-state index is -1.24. The zero-order chi connectivity index (χ0) is 24.5. The van der Waals surface area contributed by atoms with E-state index in [0.29, 0.717) is 0 Å². The molecule has 0 atom stereocenters. The number of aliphatic carboxylic acids is 2. The summed E-state index contributed by atoms with van der Waals surface area (Å²) in [6.07, 6.45) is 16.5. The van der Waals surface area contributed by atoms with Gasteiger partial charge in [0.25, 0.3) is 0 Å². The van der Waals surface area contributed by atoms with Crippen molar-refractivity contribution in [1.29, 1.82) is 0 Å². The van der Waals surface area contributed by atoms with Crippen LogP contribution in [0.2, 0.25) is 0 Å². The first-order valence-electron chi connectivity index (χ1n) is 11.4. The van der Waals surface area contributed by atoms with E-state index in [1.165, 1.54) is 51.0 Å². The Labute approximate surface area is 208 Å². The Bertz CT molecular complexity index is 523. The molecule has 9 heteroatoms. The van der Waals surface area contributed by atoms with E-state index in [4.69, 9.17) is 0 Å². The van der Waals surface area contributed by atoms with E-state index < -0.39 is 23.9 Å². The fraction of sp³-hybridized carbons (Fsp3) is 0.667. The van der Waals surface area contributed by atoms with Crippen LogP contribution >= 0.6 is 0 Å². The van der Waals surface area contributed by atoms with Crippen molar-refractivity contribution in [1.82, 2.24) is 0 Å². The maximum absolute atomic E-state index is 10.9. The van der Waals surface area contributed by atoms with Crippen LogP contribution in [0.5, 0.6) is 0 Å². The molecular weight excluding hydrogens is 472 g/mol. The number of carbonyl (C=O) groups is 4. The molecule has 0 fully saturated rings. The molecule has 0 N–H and O–H groups in total. The maximum atomic E-state index is 10.9. The van der Waals surface area contributed by atoms with Crippen LogP contribution in [-0.4, -0.2) is 23.9 Å². The number of rotatable bonds is 18. The van der Waals surface area contributed by atoms with Crippen LogP contribution in [0.3, 0.4) is 0 Å². The number of allylic oxidation sites excluding steroid dienone is 2. The molecular formula is C24H38FeO8. The van der Waals surface area contributed by atoms with Crippen molar-refractivity contribution in [3.05, 3.63) is 24.7 Å². The Morgan fingerprint density at radius 3 is 1.27 bits per heavy atom. The fourth-order valence-corrected chi connectivity index (χ4v) is 2.29. The number of carboxylic acids is 2. The second-order valence-corrected chi connectivity index (χ2v) is 7.17. The third-order valence-corrected chi connectivity index (χ3v) is 4.11. The molecule has 0 aromatic rings.